The third kappa shape index (κ3) is 3.07. The molecule has 2 atom stereocenters. The SMILES string of the molecule is COc1cccc(COC2CC(Cl)C23CCCCCC3)c1. The molecule has 1 aromatic carbocycles. The third-order valence-corrected chi connectivity index (χ3v) is 5.92. The molecule has 2 fully saturated rings. The van der Waals surface area contributed by atoms with Crippen LogP contribution >= 0.6 is 11.6 Å². The van der Waals surface area contributed by atoms with Crippen LogP contribution < -0.4 is 4.74 Å². The molecular weight excluding hydrogens is 284 g/mol. The van der Waals surface area contributed by atoms with Gasteiger partial charge in [-0.3, -0.25) is 0 Å². The Kier molecular flexibility index (Phi) is 4.75. The molecule has 2 nitrogen and oxygen atoms in total. The molecule has 0 N–H and O–H groups in total. The Morgan fingerprint density at radius 2 is 1.95 bits per heavy atom. The summed E-state index contributed by atoms with van der Waals surface area (Å²) in [4.78, 5) is 0. The molecule has 0 heterocycles. The van der Waals surface area contributed by atoms with Gasteiger partial charge < -0.3 is 9.47 Å². The minimum atomic E-state index is 0.247. The summed E-state index contributed by atoms with van der Waals surface area (Å²) in [7, 11) is 1.70. The number of hydrogen-bond donors (Lipinski definition) is 0. The van der Waals surface area contributed by atoms with Crippen LogP contribution in [0.2, 0.25) is 0 Å². The molecule has 0 aliphatic heterocycles. The minimum Gasteiger partial charge on any atom is -0.497 e. The number of alkyl halides is 1. The molecule has 3 rings (SSSR count). The fourth-order valence-electron chi connectivity index (χ4n) is 3.91. The highest BCUT2D eigenvalue weighted by atomic mass is 35.5. The maximum atomic E-state index is 6.58. The van der Waals surface area contributed by atoms with Gasteiger partial charge in [0.15, 0.2) is 0 Å². The lowest BCUT2D eigenvalue weighted by Crippen LogP contribution is -2.55. The van der Waals surface area contributed by atoms with Crippen molar-refractivity contribution in [3.05, 3.63) is 29.8 Å². The molecule has 1 spiro atoms. The zero-order valence-electron chi connectivity index (χ0n) is 12.8. The predicted octanol–water partition coefficient (Wildman–Crippen LogP) is 4.93. The molecule has 0 aromatic heterocycles. The van der Waals surface area contributed by atoms with E-state index in [4.69, 9.17) is 21.1 Å². The maximum absolute atomic E-state index is 6.58. The number of hydrogen-bond acceptors (Lipinski definition) is 2. The molecule has 116 valence electrons. The first-order chi connectivity index (χ1) is 10.2. The van der Waals surface area contributed by atoms with Crippen molar-refractivity contribution in [1.29, 1.82) is 0 Å². The van der Waals surface area contributed by atoms with Crippen LogP contribution in [0.4, 0.5) is 0 Å². The molecule has 2 aliphatic carbocycles. The van der Waals surface area contributed by atoms with Gasteiger partial charge in [0.1, 0.15) is 5.75 Å². The number of ether oxygens (including phenoxy) is 2. The second-order valence-corrected chi connectivity index (χ2v) is 7.03. The second-order valence-electron chi connectivity index (χ2n) is 6.50. The normalized spacial score (nSPS) is 27.9. The van der Waals surface area contributed by atoms with E-state index in [2.05, 4.69) is 12.1 Å². The summed E-state index contributed by atoms with van der Waals surface area (Å²) in [5.74, 6) is 0.893. The zero-order chi connectivity index (χ0) is 14.7. The van der Waals surface area contributed by atoms with Gasteiger partial charge in [0, 0.05) is 10.8 Å². The second kappa shape index (κ2) is 6.58. The van der Waals surface area contributed by atoms with Crippen molar-refractivity contribution >= 4 is 11.6 Å². The van der Waals surface area contributed by atoms with Gasteiger partial charge in [0.2, 0.25) is 0 Å². The summed E-state index contributed by atoms with van der Waals surface area (Å²) in [6.45, 7) is 0.660. The van der Waals surface area contributed by atoms with E-state index in [0.29, 0.717) is 18.1 Å². The number of rotatable bonds is 4. The molecule has 2 unspecified atom stereocenters. The van der Waals surface area contributed by atoms with E-state index in [1.54, 1.807) is 7.11 Å². The smallest absolute Gasteiger partial charge is 0.119 e. The molecule has 0 radical (unpaired) electrons. The largest absolute Gasteiger partial charge is 0.497 e. The van der Waals surface area contributed by atoms with E-state index in [9.17, 15) is 0 Å². The summed E-state index contributed by atoms with van der Waals surface area (Å²) in [5, 5.41) is 0.311. The van der Waals surface area contributed by atoms with Crippen LogP contribution in [0.15, 0.2) is 24.3 Å². The molecule has 2 aliphatic rings. The summed E-state index contributed by atoms with van der Waals surface area (Å²) >= 11 is 6.58. The highest BCUT2D eigenvalue weighted by molar-refractivity contribution is 6.21. The Morgan fingerprint density at radius 3 is 2.62 bits per heavy atom. The lowest BCUT2D eigenvalue weighted by Gasteiger charge is -2.53. The Bertz CT molecular complexity index is 466. The molecule has 0 bridgehead atoms. The number of methoxy groups -OCH3 is 1. The summed E-state index contributed by atoms with van der Waals surface area (Å²) in [5.41, 5.74) is 1.42. The van der Waals surface area contributed by atoms with Gasteiger partial charge in [-0.1, -0.05) is 37.8 Å². The molecule has 0 amide bonds. The van der Waals surface area contributed by atoms with Crippen LogP contribution in [-0.2, 0) is 11.3 Å². The summed E-state index contributed by atoms with van der Waals surface area (Å²) in [6, 6.07) is 8.13. The molecule has 21 heavy (non-hydrogen) atoms. The highest BCUT2D eigenvalue weighted by Crippen LogP contribution is 2.55. The van der Waals surface area contributed by atoms with Gasteiger partial charge >= 0.3 is 0 Å². The average molecular weight is 309 g/mol. The van der Waals surface area contributed by atoms with Gasteiger partial charge in [-0.25, -0.2) is 0 Å². The van der Waals surface area contributed by atoms with Crippen LogP contribution in [0.3, 0.4) is 0 Å². The first kappa shape index (κ1) is 15.2. The third-order valence-electron chi connectivity index (χ3n) is 5.31. The Hall–Kier alpha value is -0.730. The van der Waals surface area contributed by atoms with Crippen LogP contribution in [0.5, 0.6) is 5.75 Å². The van der Waals surface area contributed by atoms with E-state index in [-0.39, 0.29) is 5.41 Å². The fourth-order valence-corrected chi connectivity index (χ4v) is 4.43. The van der Waals surface area contributed by atoms with E-state index in [0.717, 1.165) is 12.2 Å². The predicted molar refractivity (Wildman–Crippen MR) is 86.0 cm³/mol. The summed E-state index contributed by atoms with van der Waals surface area (Å²) in [6.07, 6.45) is 9.15. The first-order valence-corrected chi connectivity index (χ1v) is 8.57. The Morgan fingerprint density at radius 1 is 1.19 bits per heavy atom. The van der Waals surface area contributed by atoms with Crippen molar-refractivity contribution in [3.8, 4) is 5.75 Å². The lowest BCUT2D eigenvalue weighted by molar-refractivity contribution is -0.122. The average Bonchev–Trinajstić information content (AvgIpc) is 2.79. The van der Waals surface area contributed by atoms with Gasteiger partial charge in [-0.05, 0) is 37.0 Å². The molecule has 1 aromatic rings. The molecular formula is C18H25ClO2. The maximum Gasteiger partial charge on any atom is 0.119 e. The zero-order valence-corrected chi connectivity index (χ0v) is 13.6. The molecule has 3 heteroatoms. The fraction of sp³-hybridized carbons (Fsp3) is 0.667. The Labute approximate surface area is 132 Å². The van der Waals surface area contributed by atoms with Crippen molar-refractivity contribution in [2.75, 3.05) is 7.11 Å². The quantitative estimate of drug-likeness (QED) is 0.734. The van der Waals surface area contributed by atoms with E-state index in [1.807, 2.05) is 12.1 Å². The van der Waals surface area contributed by atoms with Crippen molar-refractivity contribution in [2.45, 2.75) is 63.0 Å². The number of halogens is 1. The van der Waals surface area contributed by atoms with Crippen LogP contribution in [0.25, 0.3) is 0 Å². The van der Waals surface area contributed by atoms with Gasteiger partial charge in [0.25, 0.3) is 0 Å². The van der Waals surface area contributed by atoms with Gasteiger partial charge in [-0.15, -0.1) is 11.6 Å². The van der Waals surface area contributed by atoms with Crippen molar-refractivity contribution in [2.24, 2.45) is 5.41 Å². The van der Waals surface area contributed by atoms with E-state index >= 15 is 0 Å². The standard InChI is InChI=1S/C18H25ClO2/c1-20-15-8-6-7-14(11-15)13-21-17-12-16(19)18(17)9-4-2-3-5-10-18/h6-8,11,16-17H,2-5,9-10,12-13H2,1H3. The van der Waals surface area contributed by atoms with Gasteiger partial charge in [-0.2, -0.15) is 0 Å². The molecule has 0 saturated heterocycles. The van der Waals surface area contributed by atoms with Crippen molar-refractivity contribution in [1.82, 2.24) is 0 Å². The molecule has 2 saturated carbocycles. The monoisotopic (exact) mass is 308 g/mol. The van der Waals surface area contributed by atoms with Crippen molar-refractivity contribution < 1.29 is 9.47 Å². The van der Waals surface area contributed by atoms with Crippen molar-refractivity contribution in [3.63, 3.8) is 0 Å². The van der Waals surface area contributed by atoms with E-state index in [1.165, 1.54) is 44.1 Å². The van der Waals surface area contributed by atoms with E-state index < -0.39 is 0 Å². The first-order valence-electron chi connectivity index (χ1n) is 8.13. The highest BCUT2D eigenvalue weighted by Gasteiger charge is 2.54. The van der Waals surface area contributed by atoms with Crippen LogP contribution in [-0.4, -0.2) is 18.6 Å². The van der Waals surface area contributed by atoms with Crippen LogP contribution in [0.1, 0.15) is 50.5 Å². The van der Waals surface area contributed by atoms with Crippen LogP contribution in [0, 0.1) is 5.41 Å². The topological polar surface area (TPSA) is 18.5 Å². The summed E-state index contributed by atoms with van der Waals surface area (Å²) < 4.78 is 11.5. The Balaban J connectivity index is 1.62. The van der Waals surface area contributed by atoms with Gasteiger partial charge in [0.05, 0.1) is 19.8 Å². The number of benzene rings is 1. The minimum absolute atomic E-state index is 0.247. The lowest BCUT2D eigenvalue weighted by atomic mass is 9.61.